The zero-order valence-corrected chi connectivity index (χ0v) is 28.8. The van der Waals surface area contributed by atoms with Crippen molar-refractivity contribution >= 4 is 38.6 Å². The number of aryl methyl sites for hydroxylation is 1. The number of aromatic nitrogens is 2. The highest BCUT2D eigenvalue weighted by molar-refractivity contribution is 7.89. The molecule has 3 aromatic carbocycles. The van der Waals surface area contributed by atoms with Crippen LogP contribution in [0.3, 0.4) is 0 Å². The normalized spacial score (nSPS) is 23.0. The molecule has 8 nitrogen and oxygen atoms in total. The molecular formula is C37H44ClN5O3S. The van der Waals surface area contributed by atoms with E-state index in [9.17, 15) is 13.2 Å². The van der Waals surface area contributed by atoms with Crippen LogP contribution in [0.4, 0.5) is 0 Å². The van der Waals surface area contributed by atoms with Gasteiger partial charge in [-0.05, 0) is 99.7 Å². The third-order valence-corrected chi connectivity index (χ3v) is 12.9. The van der Waals surface area contributed by atoms with Gasteiger partial charge in [0.05, 0.1) is 26.5 Å². The fourth-order valence-corrected chi connectivity index (χ4v) is 9.95. The average molecular weight is 674 g/mol. The monoisotopic (exact) mass is 673 g/mol. The largest absolute Gasteiger partial charge is 0.339 e. The minimum absolute atomic E-state index is 0.0362. The molecule has 0 saturated carbocycles. The molecule has 0 radical (unpaired) electrons. The lowest BCUT2D eigenvalue weighted by Crippen LogP contribution is -2.49. The molecule has 1 unspecified atom stereocenters. The van der Waals surface area contributed by atoms with E-state index in [1.54, 1.807) is 6.92 Å². The molecular weight excluding hydrogens is 630 g/mol. The molecule has 3 fully saturated rings. The molecule has 3 aliphatic heterocycles. The van der Waals surface area contributed by atoms with E-state index in [1.807, 2.05) is 4.90 Å². The first-order valence-corrected chi connectivity index (χ1v) is 18.9. The van der Waals surface area contributed by atoms with Crippen LogP contribution in [-0.2, 0) is 15.4 Å². The smallest absolute Gasteiger partial charge is 0.255 e. The Labute approximate surface area is 283 Å². The van der Waals surface area contributed by atoms with Gasteiger partial charge in [0.15, 0.2) is 0 Å². The molecule has 3 saturated heterocycles. The highest BCUT2D eigenvalue weighted by atomic mass is 35.5. The summed E-state index contributed by atoms with van der Waals surface area (Å²) >= 11 is 6.47. The number of rotatable bonds is 9. The SMILES string of the molecule is CCNS(=O)(=O)c1ccc(Cl)c(C(=O)N2CCC(CCN3[C@@H]4CC[C@H]3CC(n3c(C)nc5ccccc53)C4)(c3ccccc3)CC2)c1. The standard InChI is InChI=1S/C37H44ClN5O3S/c1-3-39-47(45,46)31-15-16-33(38)32(25-31)36(44)41-20-17-37(18-21-41,27-9-5-4-6-10-27)19-22-42-28-13-14-29(42)24-30(23-28)43-26(2)40-34-11-7-8-12-35(34)43/h4-12,15-16,25,28-30,39H,3,13-14,17-24H2,1-2H3/t28-,29+,30?. The molecule has 1 N–H and O–H groups in total. The predicted octanol–water partition coefficient (Wildman–Crippen LogP) is 6.73. The van der Waals surface area contributed by atoms with Crippen LogP contribution >= 0.6 is 11.6 Å². The predicted molar refractivity (Wildman–Crippen MR) is 186 cm³/mol. The number of amides is 1. The van der Waals surface area contributed by atoms with Gasteiger partial charge < -0.3 is 9.47 Å². The average Bonchev–Trinajstić information content (AvgIpc) is 3.54. The lowest BCUT2D eigenvalue weighted by atomic mass is 9.70. The van der Waals surface area contributed by atoms with Crippen LogP contribution in [-0.4, -0.2) is 71.9 Å². The summed E-state index contributed by atoms with van der Waals surface area (Å²) in [4.78, 5) is 23.3. The van der Waals surface area contributed by atoms with Crippen LogP contribution < -0.4 is 4.72 Å². The Kier molecular flexibility index (Phi) is 8.93. The maximum Gasteiger partial charge on any atom is 0.255 e. The molecule has 7 rings (SSSR count). The van der Waals surface area contributed by atoms with E-state index in [2.05, 4.69) is 75.7 Å². The highest BCUT2D eigenvalue weighted by Crippen LogP contribution is 2.45. The third-order valence-electron chi connectivity index (χ3n) is 11.1. The number of carbonyl (C=O) groups excluding carboxylic acids is 1. The molecule has 10 heteroatoms. The summed E-state index contributed by atoms with van der Waals surface area (Å²) in [7, 11) is -3.71. The van der Waals surface area contributed by atoms with Gasteiger partial charge in [0.1, 0.15) is 5.82 Å². The van der Waals surface area contributed by atoms with Crippen molar-refractivity contribution in [3.05, 3.63) is 94.8 Å². The number of fused-ring (bicyclic) bond motifs is 3. The zero-order valence-electron chi connectivity index (χ0n) is 27.2. The van der Waals surface area contributed by atoms with Crippen molar-refractivity contribution < 1.29 is 13.2 Å². The van der Waals surface area contributed by atoms with E-state index in [0.717, 1.165) is 50.0 Å². The van der Waals surface area contributed by atoms with Crippen molar-refractivity contribution in [2.75, 3.05) is 26.2 Å². The van der Waals surface area contributed by atoms with E-state index in [4.69, 9.17) is 16.6 Å². The first kappa shape index (κ1) is 32.3. The molecule has 3 aliphatic rings. The number of hydrogen-bond acceptors (Lipinski definition) is 5. The molecule has 4 heterocycles. The maximum absolute atomic E-state index is 13.8. The molecule has 1 amide bonds. The molecule has 4 aromatic rings. The van der Waals surface area contributed by atoms with E-state index >= 15 is 0 Å². The fourth-order valence-electron chi connectivity index (χ4n) is 8.68. The minimum Gasteiger partial charge on any atom is -0.339 e. The number of benzene rings is 3. The Bertz CT molecular complexity index is 1860. The summed E-state index contributed by atoms with van der Waals surface area (Å²) in [6, 6.07) is 25.3. The topological polar surface area (TPSA) is 87.5 Å². The first-order chi connectivity index (χ1) is 22.7. The lowest BCUT2D eigenvalue weighted by Gasteiger charge is -2.45. The third kappa shape index (κ3) is 6.12. The molecule has 1 aromatic heterocycles. The van der Waals surface area contributed by atoms with Crippen molar-refractivity contribution in [1.82, 2.24) is 24.1 Å². The Morgan fingerprint density at radius 3 is 2.34 bits per heavy atom. The molecule has 248 valence electrons. The number of carbonyl (C=O) groups is 1. The van der Waals surface area contributed by atoms with Gasteiger partial charge in [0.25, 0.3) is 5.91 Å². The molecule has 0 spiro atoms. The van der Waals surface area contributed by atoms with Gasteiger partial charge in [-0.3, -0.25) is 9.69 Å². The van der Waals surface area contributed by atoms with Crippen LogP contribution in [0.25, 0.3) is 11.0 Å². The Morgan fingerprint density at radius 1 is 0.957 bits per heavy atom. The quantitative estimate of drug-likeness (QED) is 0.213. The van der Waals surface area contributed by atoms with Gasteiger partial charge in [-0.1, -0.05) is 61.0 Å². The minimum atomic E-state index is -3.71. The zero-order chi connectivity index (χ0) is 32.8. The summed E-state index contributed by atoms with van der Waals surface area (Å²) in [5.41, 5.74) is 3.87. The van der Waals surface area contributed by atoms with Gasteiger partial charge in [-0.25, -0.2) is 18.1 Å². The molecule has 47 heavy (non-hydrogen) atoms. The van der Waals surface area contributed by atoms with Crippen LogP contribution in [0.5, 0.6) is 0 Å². The summed E-state index contributed by atoms with van der Waals surface area (Å²) in [5, 5.41) is 0.267. The van der Waals surface area contributed by atoms with Crippen LogP contribution in [0.15, 0.2) is 77.7 Å². The lowest BCUT2D eigenvalue weighted by molar-refractivity contribution is 0.0607. The van der Waals surface area contributed by atoms with Gasteiger partial charge >= 0.3 is 0 Å². The number of para-hydroxylation sites is 2. The molecule has 3 atom stereocenters. The van der Waals surface area contributed by atoms with Crippen LogP contribution in [0, 0.1) is 6.92 Å². The van der Waals surface area contributed by atoms with E-state index < -0.39 is 10.0 Å². The summed E-state index contributed by atoms with van der Waals surface area (Å²) < 4.78 is 30.3. The van der Waals surface area contributed by atoms with Crippen molar-refractivity contribution in [1.29, 1.82) is 0 Å². The number of nitrogens with one attached hydrogen (secondary N) is 1. The van der Waals surface area contributed by atoms with Crippen LogP contribution in [0.2, 0.25) is 5.02 Å². The number of likely N-dealkylation sites (tertiary alicyclic amines) is 1. The summed E-state index contributed by atoms with van der Waals surface area (Å²) in [6.07, 6.45) is 7.54. The Balaban J connectivity index is 1.06. The van der Waals surface area contributed by atoms with E-state index in [0.29, 0.717) is 31.2 Å². The second-order valence-electron chi connectivity index (χ2n) is 13.6. The number of piperidine rings is 2. The number of nitrogens with zero attached hydrogens (tertiary/aromatic N) is 4. The van der Waals surface area contributed by atoms with Gasteiger partial charge in [0.2, 0.25) is 10.0 Å². The molecule has 2 bridgehead atoms. The second kappa shape index (κ2) is 13.0. The van der Waals surface area contributed by atoms with Crippen molar-refractivity contribution in [2.24, 2.45) is 0 Å². The Morgan fingerprint density at radius 2 is 1.64 bits per heavy atom. The van der Waals surface area contributed by atoms with Gasteiger partial charge in [0, 0.05) is 37.8 Å². The molecule has 0 aliphatic carbocycles. The van der Waals surface area contributed by atoms with Gasteiger partial charge in [-0.2, -0.15) is 0 Å². The second-order valence-corrected chi connectivity index (χ2v) is 15.8. The van der Waals surface area contributed by atoms with E-state index in [-0.39, 0.29) is 33.3 Å². The Hall–Kier alpha value is -3.24. The first-order valence-electron chi connectivity index (χ1n) is 17.0. The van der Waals surface area contributed by atoms with Crippen LogP contribution in [0.1, 0.15) is 79.7 Å². The summed E-state index contributed by atoms with van der Waals surface area (Å²) in [5.74, 6) is 0.897. The van der Waals surface area contributed by atoms with Gasteiger partial charge in [-0.15, -0.1) is 0 Å². The highest BCUT2D eigenvalue weighted by Gasteiger charge is 2.44. The number of halogens is 1. The number of sulfonamides is 1. The van der Waals surface area contributed by atoms with E-state index in [1.165, 1.54) is 42.1 Å². The van der Waals surface area contributed by atoms with Crippen molar-refractivity contribution in [3.63, 3.8) is 0 Å². The summed E-state index contributed by atoms with van der Waals surface area (Å²) in [6.45, 7) is 6.37. The maximum atomic E-state index is 13.8. The van der Waals surface area contributed by atoms with Crippen molar-refractivity contribution in [2.45, 2.75) is 87.2 Å². The van der Waals surface area contributed by atoms with Crippen molar-refractivity contribution in [3.8, 4) is 0 Å². The fraction of sp³-hybridized carbons (Fsp3) is 0.459. The number of hydrogen-bond donors (Lipinski definition) is 1. The number of imidazole rings is 1.